The van der Waals surface area contributed by atoms with Gasteiger partial charge in [-0.15, -0.1) is 0 Å². The van der Waals surface area contributed by atoms with Crippen LogP contribution >= 0.6 is 0 Å². The molecule has 0 spiro atoms. The van der Waals surface area contributed by atoms with Gasteiger partial charge in [-0.25, -0.2) is 0 Å². The fourth-order valence-corrected chi connectivity index (χ4v) is 3.77. The fourth-order valence-electron chi connectivity index (χ4n) is 3.77. The van der Waals surface area contributed by atoms with Crippen molar-refractivity contribution in [1.82, 2.24) is 4.90 Å². The van der Waals surface area contributed by atoms with Gasteiger partial charge < -0.3 is 5.73 Å². The van der Waals surface area contributed by atoms with Crippen LogP contribution < -0.4 is 5.73 Å². The van der Waals surface area contributed by atoms with Crippen LogP contribution in [0, 0.1) is 0 Å². The molecule has 0 aromatic carbocycles. The summed E-state index contributed by atoms with van der Waals surface area (Å²) in [4.78, 5) is 2.72. The third-order valence-electron chi connectivity index (χ3n) is 5.06. The molecular formula is C17H36N2. The van der Waals surface area contributed by atoms with Crippen molar-refractivity contribution in [3.63, 3.8) is 0 Å². The predicted molar refractivity (Wildman–Crippen MR) is 85.5 cm³/mol. The second-order valence-electron chi connectivity index (χ2n) is 6.59. The van der Waals surface area contributed by atoms with Crippen molar-refractivity contribution in [3.8, 4) is 0 Å². The van der Waals surface area contributed by atoms with Crippen molar-refractivity contribution in [3.05, 3.63) is 0 Å². The van der Waals surface area contributed by atoms with E-state index in [-0.39, 0.29) is 5.54 Å². The summed E-state index contributed by atoms with van der Waals surface area (Å²) in [6, 6.07) is 0.800. The summed E-state index contributed by atoms with van der Waals surface area (Å²) in [7, 11) is 0. The van der Waals surface area contributed by atoms with E-state index in [1.165, 1.54) is 64.2 Å². The van der Waals surface area contributed by atoms with Gasteiger partial charge >= 0.3 is 0 Å². The summed E-state index contributed by atoms with van der Waals surface area (Å²) in [6.45, 7) is 8.96. The summed E-state index contributed by atoms with van der Waals surface area (Å²) in [6.07, 6.45) is 13.7. The third kappa shape index (κ3) is 5.07. The van der Waals surface area contributed by atoms with Crippen LogP contribution in [0.2, 0.25) is 0 Å². The molecule has 1 fully saturated rings. The number of hydrogen-bond donors (Lipinski definition) is 1. The molecule has 1 unspecified atom stereocenters. The van der Waals surface area contributed by atoms with Crippen LogP contribution in [0.3, 0.4) is 0 Å². The Balaban J connectivity index is 2.45. The Labute approximate surface area is 121 Å². The largest absolute Gasteiger partial charge is 0.329 e. The van der Waals surface area contributed by atoms with E-state index in [2.05, 4.69) is 25.7 Å². The van der Waals surface area contributed by atoms with Gasteiger partial charge in [0.05, 0.1) is 0 Å². The zero-order chi connectivity index (χ0) is 14.1. The molecule has 2 heteroatoms. The molecule has 0 saturated heterocycles. The minimum Gasteiger partial charge on any atom is -0.329 e. The molecular weight excluding hydrogens is 232 g/mol. The Morgan fingerprint density at radius 1 is 1.05 bits per heavy atom. The summed E-state index contributed by atoms with van der Waals surface area (Å²) >= 11 is 0. The minimum atomic E-state index is 0.232. The highest BCUT2D eigenvalue weighted by atomic mass is 15.2. The van der Waals surface area contributed by atoms with Crippen LogP contribution in [-0.2, 0) is 0 Å². The highest BCUT2D eigenvalue weighted by Crippen LogP contribution is 2.31. The average molecular weight is 268 g/mol. The van der Waals surface area contributed by atoms with Crippen LogP contribution in [0.25, 0.3) is 0 Å². The molecule has 0 radical (unpaired) electrons. The van der Waals surface area contributed by atoms with Crippen molar-refractivity contribution in [2.45, 2.75) is 96.6 Å². The molecule has 1 aliphatic rings. The highest BCUT2D eigenvalue weighted by Gasteiger charge is 2.34. The van der Waals surface area contributed by atoms with Crippen molar-refractivity contribution < 1.29 is 0 Å². The van der Waals surface area contributed by atoms with Crippen molar-refractivity contribution in [2.24, 2.45) is 5.73 Å². The van der Waals surface area contributed by atoms with Gasteiger partial charge in [-0.3, -0.25) is 4.90 Å². The van der Waals surface area contributed by atoms with E-state index in [1.54, 1.807) is 0 Å². The van der Waals surface area contributed by atoms with Gasteiger partial charge in [0.25, 0.3) is 0 Å². The molecule has 2 nitrogen and oxygen atoms in total. The first-order valence-electron chi connectivity index (χ1n) is 8.64. The standard InChI is InChI=1S/C17H36N2/c1-4-6-7-8-11-14-17(3,15-18)19(5-2)16-12-9-10-13-16/h16H,4-15,18H2,1-3H3. The maximum atomic E-state index is 6.15. The smallest absolute Gasteiger partial charge is 0.0306 e. The Morgan fingerprint density at radius 3 is 2.21 bits per heavy atom. The first kappa shape index (κ1) is 17.0. The molecule has 0 bridgehead atoms. The highest BCUT2D eigenvalue weighted by molar-refractivity contribution is 4.92. The Kier molecular flexibility index (Phi) is 8.01. The second kappa shape index (κ2) is 8.97. The van der Waals surface area contributed by atoms with Crippen LogP contribution in [0.15, 0.2) is 0 Å². The van der Waals surface area contributed by atoms with E-state index < -0.39 is 0 Å². The topological polar surface area (TPSA) is 29.3 Å². The maximum Gasteiger partial charge on any atom is 0.0306 e. The summed E-state index contributed by atoms with van der Waals surface area (Å²) in [5.74, 6) is 0. The summed E-state index contributed by atoms with van der Waals surface area (Å²) < 4.78 is 0. The van der Waals surface area contributed by atoms with Crippen LogP contribution in [0.5, 0.6) is 0 Å². The van der Waals surface area contributed by atoms with Crippen LogP contribution in [0.4, 0.5) is 0 Å². The molecule has 0 aliphatic heterocycles. The van der Waals surface area contributed by atoms with Gasteiger partial charge in [0.15, 0.2) is 0 Å². The lowest BCUT2D eigenvalue weighted by Gasteiger charge is -2.44. The maximum absolute atomic E-state index is 6.15. The zero-order valence-corrected chi connectivity index (χ0v) is 13.6. The Bertz CT molecular complexity index is 223. The van der Waals surface area contributed by atoms with Gasteiger partial charge in [0.1, 0.15) is 0 Å². The van der Waals surface area contributed by atoms with Gasteiger partial charge in [0, 0.05) is 18.1 Å². The lowest BCUT2D eigenvalue weighted by Crippen LogP contribution is -2.55. The van der Waals surface area contributed by atoms with Gasteiger partial charge in [0.2, 0.25) is 0 Å². The quantitative estimate of drug-likeness (QED) is 0.598. The normalized spacial score (nSPS) is 20.1. The van der Waals surface area contributed by atoms with E-state index in [9.17, 15) is 0 Å². The molecule has 114 valence electrons. The molecule has 1 atom stereocenters. The van der Waals surface area contributed by atoms with Crippen molar-refractivity contribution >= 4 is 0 Å². The van der Waals surface area contributed by atoms with E-state index in [0.29, 0.717) is 0 Å². The Morgan fingerprint density at radius 2 is 1.68 bits per heavy atom. The third-order valence-corrected chi connectivity index (χ3v) is 5.06. The second-order valence-corrected chi connectivity index (χ2v) is 6.59. The van der Waals surface area contributed by atoms with E-state index in [1.807, 2.05) is 0 Å². The van der Waals surface area contributed by atoms with Crippen molar-refractivity contribution in [2.75, 3.05) is 13.1 Å². The molecule has 2 N–H and O–H groups in total. The Hall–Kier alpha value is -0.0800. The average Bonchev–Trinajstić information content (AvgIpc) is 2.93. The monoisotopic (exact) mass is 268 g/mol. The fraction of sp³-hybridized carbons (Fsp3) is 1.00. The molecule has 19 heavy (non-hydrogen) atoms. The first-order chi connectivity index (χ1) is 9.18. The van der Waals surface area contributed by atoms with E-state index in [0.717, 1.165) is 19.1 Å². The summed E-state index contributed by atoms with van der Waals surface area (Å²) in [5, 5.41) is 0. The molecule has 1 saturated carbocycles. The number of hydrogen-bond acceptors (Lipinski definition) is 2. The van der Waals surface area contributed by atoms with E-state index in [4.69, 9.17) is 5.73 Å². The molecule has 1 rings (SSSR count). The molecule has 1 aliphatic carbocycles. The van der Waals surface area contributed by atoms with Gasteiger partial charge in [-0.05, 0) is 32.7 Å². The number of nitrogens with zero attached hydrogens (tertiary/aromatic N) is 1. The number of unbranched alkanes of at least 4 members (excludes halogenated alkanes) is 4. The SMILES string of the molecule is CCCCCCCC(C)(CN)N(CC)C1CCCC1. The van der Waals surface area contributed by atoms with Crippen LogP contribution in [0.1, 0.15) is 85.0 Å². The molecule has 0 aromatic heterocycles. The lowest BCUT2D eigenvalue weighted by molar-refractivity contribution is 0.0595. The first-order valence-corrected chi connectivity index (χ1v) is 8.64. The van der Waals surface area contributed by atoms with Gasteiger partial charge in [-0.2, -0.15) is 0 Å². The van der Waals surface area contributed by atoms with Crippen molar-refractivity contribution in [1.29, 1.82) is 0 Å². The molecule has 0 amide bonds. The van der Waals surface area contributed by atoms with E-state index >= 15 is 0 Å². The number of likely N-dealkylation sites (N-methyl/N-ethyl adjacent to an activating group) is 1. The molecule has 0 heterocycles. The minimum absolute atomic E-state index is 0.232. The van der Waals surface area contributed by atoms with Crippen LogP contribution in [-0.4, -0.2) is 29.6 Å². The van der Waals surface area contributed by atoms with Gasteiger partial charge in [-0.1, -0.05) is 58.8 Å². The number of nitrogens with two attached hydrogens (primary N) is 1. The lowest BCUT2D eigenvalue weighted by atomic mass is 9.90. The number of rotatable bonds is 10. The zero-order valence-electron chi connectivity index (χ0n) is 13.6. The summed E-state index contributed by atoms with van der Waals surface area (Å²) in [5.41, 5.74) is 6.38. The predicted octanol–water partition coefficient (Wildman–Crippen LogP) is 4.33. The molecule has 0 aromatic rings.